The molecular formula is C6H7FN6. The predicted molar refractivity (Wildman–Crippen MR) is 41.1 cm³/mol. The van der Waals surface area contributed by atoms with Crippen LogP contribution in [0.1, 0.15) is 12.6 Å². The summed E-state index contributed by atoms with van der Waals surface area (Å²) in [6.07, 6.45) is 0.552. The number of halogens is 1. The highest BCUT2D eigenvalue weighted by molar-refractivity contribution is 5.49. The van der Waals surface area contributed by atoms with E-state index in [1.54, 1.807) is 0 Å². The van der Waals surface area contributed by atoms with Gasteiger partial charge in [0.25, 0.3) is 0 Å². The average molecular weight is 182 g/mol. The van der Waals surface area contributed by atoms with Gasteiger partial charge in [0.15, 0.2) is 11.5 Å². The third kappa shape index (κ3) is 1.17. The Labute approximate surface area is 72.6 Å². The fourth-order valence-electron chi connectivity index (χ4n) is 1.01. The Morgan fingerprint density at radius 3 is 2.77 bits per heavy atom. The van der Waals surface area contributed by atoms with Crippen molar-refractivity contribution in [3.05, 3.63) is 11.5 Å². The smallest absolute Gasteiger partial charge is 0.227 e. The number of hydrogen-bond acceptors (Lipinski definition) is 4. The molecule has 6 nitrogen and oxygen atoms in total. The van der Waals surface area contributed by atoms with E-state index >= 15 is 0 Å². The highest BCUT2D eigenvalue weighted by Gasteiger charge is 2.16. The number of rotatable bonds is 2. The lowest BCUT2D eigenvalue weighted by atomic mass is 10.3. The number of nitrogens with zero attached hydrogens (tertiary/aromatic N) is 4. The lowest BCUT2D eigenvalue weighted by Gasteiger charge is -1.87. The lowest BCUT2D eigenvalue weighted by Crippen LogP contribution is -1.86. The molecule has 0 spiro atoms. The average Bonchev–Trinajstić information content (AvgIpc) is 2.72. The van der Waals surface area contributed by atoms with E-state index in [-0.39, 0.29) is 11.5 Å². The minimum Gasteiger partial charge on any atom is -0.279 e. The van der Waals surface area contributed by atoms with E-state index in [0.717, 1.165) is 0 Å². The summed E-state index contributed by atoms with van der Waals surface area (Å²) < 4.78 is 13.4. The molecule has 0 amide bonds. The van der Waals surface area contributed by atoms with Crippen LogP contribution >= 0.6 is 0 Å². The van der Waals surface area contributed by atoms with E-state index in [0.29, 0.717) is 12.1 Å². The number of H-pyrrole nitrogens is 2. The first kappa shape index (κ1) is 7.84. The lowest BCUT2D eigenvalue weighted by molar-refractivity contribution is 0.614. The molecule has 13 heavy (non-hydrogen) atoms. The van der Waals surface area contributed by atoms with Crippen LogP contribution in [0.2, 0.25) is 0 Å². The molecule has 0 saturated carbocycles. The van der Waals surface area contributed by atoms with Gasteiger partial charge in [-0.25, -0.2) is 4.39 Å². The second kappa shape index (κ2) is 2.92. The van der Waals surface area contributed by atoms with E-state index in [1.807, 2.05) is 6.92 Å². The van der Waals surface area contributed by atoms with Crippen LogP contribution in [-0.2, 0) is 6.42 Å². The zero-order chi connectivity index (χ0) is 9.26. The van der Waals surface area contributed by atoms with Crippen LogP contribution in [-0.4, -0.2) is 30.8 Å². The predicted octanol–water partition coefficient (Wildman–Crippen LogP) is 0.291. The molecule has 0 bridgehead atoms. The van der Waals surface area contributed by atoms with E-state index in [2.05, 4.69) is 30.8 Å². The Bertz CT molecular complexity index is 391. The Morgan fingerprint density at radius 1 is 1.38 bits per heavy atom. The van der Waals surface area contributed by atoms with Crippen LogP contribution in [0.25, 0.3) is 11.5 Å². The number of tetrazole rings is 1. The number of nitrogens with one attached hydrogen (secondary N) is 2. The highest BCUT2D eigenvalue weighted by Crippen LogP contribution is 2.17. The van der Waals surface area contributed by atoms with Gasteiger partial charge in [0.1, 0.15) is 0 Å². The molecule has 0 saturated heterocycles. The maximum Gasteiger partial charge on any atom is 0.227 e. The summed E-state index contributed by atoms with van der Waals surface area (Å²) in [5.74, 6) is -0.252. The van der Waals surface area contributed by atoms with E-state index in [4.69, 9.17) is 0 Å². The second-order valence-electron chi connectivity index (χ2n) is 2.45. The molecule has 2 aromatic heterocycles. The first-order valence-electron chi connectivity index (χ1n) is 3.79. The molecule has 0 aliphatic rings. The monoisotopic (exact) mass is 182 g/mol. The molecule has 0 fully saturated rings. The summed E-state index contributed by atoms with van der Waals surface area (Å²) in [6, 6.07) is 0. The Hall–Kier alpha value is -1.79. The molecule has 68 valence electrons. The van der Waals surface area contributed by atoms with Crippen molar-refractivity contribution in [2.75, 3.05) is 0 Å². The zero-order valence-corrected chi connectivity index (χ0v) is 6.87. The van der Waals surface area contributed by atoms with Crippen LogP contribution < -0.4 is 0 Å². The minimum atomic E-state index is -0.413. The van der Waals surface area contributed by atoms with E-state index in [1.165, 1.54) is 0 Å². The third-order valence-corrected chi connectivity index (χ3v) is 1.69. The first-order valence-corrected chi connectivity index (χ1v) is 3.79. The van der Waals surface area contributed by atoms with Gasteiger partial charge < -0.3 is 0 Å². The quantitative estimate of drug-likeness (QED) is 0.699. The van der Waals surface area contributed by atoms with Crippen LogP contribution in [0, 0.1) is 5.82 Å². The van der Waals surface area contributed by atoms with Gasteiger partial charge >= 0.3 is 0 Å². The van der Waals surface area contributed by atoms with Crippen LogP contribution in [0.5, 0.6) is 0 Å². The molecule has 0 atom stereocenters. The number of aromatic amines is 2. The molecule has 0 radical (unpaired) electrons. The van der Waals surface area contributed by atoms with Gasteiger partial charge in [-0.1, -0.05) is 6.92 Å². The van der Waals surface area contributed by atoms with Crippen LogP contribution in [0.3, 0.4) is 0 Å². The molecule has 2 heterocycles. The largest absolute Gasteiger partial charge is 0.279 e. The molecule has 2 aromatic rings. The molecule has 0 unspecified atom stereocenters. The fraction of sp³-hybridized carbons (Fsp3) is 0.333. The van der Waals surface area contributed by atoms with Crippen molar-refractivity contribution in [1.82, 2.24) is 30.8 Å². The van der Waals surface area contributed by atoms with E-state index < -0.39 is 5.82 Å². The SMILES string of the molecule is CCc1[nH]nc(-c2nn[nH]n2)c1F. The van der Waals surface area contributed by atoms with Gasteiger partial charge in [0.05, 0.1) is 5.69 Å². The van der Waals surface area contributed by atoms with Crippen LogP contribution in [0.15, 0.2) is 0 Å². The van der Waals surface area contributed by atoms with Crippen LogP contribution in [0.4, 0.5) is 4.39 Å². The maximum absolute atomic E-state index is 13.4. The molecule has 0 aliphatic heterocycles. The summed E-state index contributed by atoms with van der Waals surface area (Å²) in [5, 5.41) is 19.1. The van der Waals surface area contributed by atoms with Crippen molar-refractivity contribution in [2.45, 2.75) is 13.3 Å². The Balaban J connectivity index is 2.48. The van der Waals surface area contributed by atoms with Crippen molar-refractivity contribution in [2.24, 2.45) is 0 Å². The summed E-state index contributed by atoms with van der Waals surface area (Å²) in [4.78, 5) is 0. The number of aryl methyl sites for hydroxylation is 1. The van der Waals surface area contributed by atoms with Crippen molar-refractivity contribution in [3.63, 3.8) is 0 Å². The molecule has 2 N–H and O–H groups in total. The van der Waals surface area contributed by atoms with Crippen molar-refractivity contribution in [3.8, 4) is 11.5 Å². The zero-order valence-electron chi connectivity index (χ0n) is 6.87. The van der Waals surface area contributed by atoms with Gasteiger partial charge in [-0.3, -0.25) is 5.10 Å². The Kier molecular flexibility index (Phi) is 1.76. The van der Waals surface area contributed by atoms with Gasteiger partial charge in [0, 0.05) is 0 Å². The second-order valence-corrected chi connectivity index (χ2v) is 2.45. The van der Waals surface area contributed by atoms with Crippen molar-refractivity contribution in [1.29, 1.82) is 0 Å². The summed E-state index contributed by atoms with van der Waals surface area (Å²) in [5.41, 5.74) is 0.547. The van der Waals surface area contributed by atoms with E-state index in [9.17, 15) is 4.39 Å². The molecule has 7 heteroatoms. The molecule has 0 aliphatic carbocycles. The van der Waals surface area contributed by atoms with Gasteiger partial charge in [-0.15, -0.1) is 10.2 Å². The summed E-state index contributed by atoms with van der Waals surface area (Å²) in [7, 11) is 0. The Morgan fingerprint density at radius 2 is 2.23 bits per heavy atom. The maximum atomic E-state index is 13.4. The first-order chi connectivity index (χ1) is 6.33. The number of hydrogen-bond donors (Lipinski definition) is 2. The standard InChI is InChI=1S/C6H7FN6/c1-2-3-4(7)5(9-8-3)6-10-12-13-11-6/h2H2,1H3,(H,8,9)(H,10,11,12,13). The van der Waals surface area contributed by atoms with Gasteiger partial charge in [0.2, 0.25) is 5.82 Å². The third-order valence-electron chi connectivity index (χ3n) is 1.69. The summed E-state index contributed by atoms with van der Waals surface area (Å²) >= 11 is 0. The number of aromatic nitrogens is 6. The normalized spacial score (nSPS) is 10.6. The van der Waals surface area contributed by atoms with Crippen molar-refractivity contribution >= 4 is 0 Å². The topological polar surface area (TPSA) is 83.1 Å². The molecular weight excluding hydrogens is 175 g/mol. The van der Waals surface area contributed by atoms with Gasteiger partial charge in [-0.2, -0.15) is 10.3 Å². The van der Waals surface area contributed by atoms with Gasteiger partial charge in [-0.05, 0) is 11.6 Å². The van der Waals surface area contributed by atoms with Crippen molar-refractivity contribution < 1.29 is 4.39 Å². The fourth-order valence-corrected chi connectivity index (χ4v) is 1.01. The minimum absolute atomic E-state index is 0.102. The summed E-state index contributed by atoms with van der Waals surface area (Å²) in [6.45, 7) is 1.83. The molecule has 2 rings (SSSR count). The highest BCUT2D eigenvalue weighted by atomic mass is 19.1. The molecule has 0 aromatic carbocycles.